The van der Waals surface area contributed by atoms with Gasteiger partial charge in [0.25, 0.3) is 0 Å². The molecule has 0 aromatic heterocycles. The Morgan fingerprint density at radius 2 is 2.00 bits per heavy atom. The Kier molecular flexibility index (Phi) is 6.06. The third kappa shape index (κ3) is 4.31. The largest absolute Gasteiger partial charge is 0.368 e. The molecule has 112 valence electrons. The highest BCUT2D eigenvalue weighted by molar-refractivity contribution is 8.00. The van der Waals surface area contributed by atoms with Crippen molar-refractivity contribution in [1.82, 2.24) is 5.32 Å². The number of rotatable bonds is 5. The first-order valence-corrected chi connectivity index (χ1v) is 8.81. The van der Waals surface area contributed by atoms with E-state index in [9.17, 15) is 0 Å². The van der Waals surface area contributed by atoms with E-state index >= 15 is 0 Å². The standard InChI is InChI=1S/C16H25ClN2S/c1-4-7-18-9-14-5-6-16(15(17)8-14)19-10-12(2)20-13(3)11-19/h5-6,8,12-13,18H,4,7,9-11H2,1-3H3. The third-order valence-corrected chi connectivity index (χ3v) is 5.06. The predicted octanol–water partition coefficient (Wildman–Crippen LogP) is 4.17. The number of thioether (sulfide) groups is 1. The Bertz CT molecular complexity index is 428. The molecule has 0 saturated carbocycles. The summed E-state index contributed by atoms with van der Waals surface area (Å²) in [5.41, 5.74) is 2.45. The van der Waals surface area contributed by atoms with Gasteiger partial charge in [-0.2, -0.15) is 11.8 Å². The first-order chi connectivity index (χ1) is 9.60. The van der Waals surface area contributed by atoms with Crippen molar-refractivity contribution in [3.63, 3.8) is 0 Å². The number of benzene rings is 1. The normalized spacial score (nSPS) is 23.1. The highest BCUT2D eigenvalue weighted by atomic mass is 35.5. The number of hydrogen-bond donors (Lipinski definition) is 1. The molecule has 20 heavy (non-hydrogen) atoms. The van der Waals surface area contributed by atoms with Crippen LogP contribution in [0.15, 0.2) is 18.2 Å². The number of anilines is 1. The average Bonchev–Trinajstić information content (AvgIpc) is 2.38. The molecule has 1 aromatic carbocycles. The van der Waals surface area contributed by atoms with Crippen LogP contribution < -0.4 is 10.2 Å². The Hall–Kier alpha value is -0.380. The predicted molar refractivity (Wildman–Crippen MR) is 92.2 cm³/mol. The maximum Gasteiger partial charge on any atom is 0.0642 e. The third-order valence-electron chi connectivity index (χ3n) is 3.53. The topological polar surface area (TPSA) is 15.3 Å². The molecule has 2 nitrogen and oxygen atoms in total. The maximum atomic E-state index is 6.49. The lowest BCUT2D eigenvalue weighted by molar-refractivity contribution is 0.675. The quantitative estimate of drug-likeness (QED) is 0.822. The van der Waals surface area contributed by atoms with E-state index < -0.39 is 0 Å². The van der Waals surface area contributed by atoms with Gasteiger partial charge in [0.1, 0.15) is 0 Å². The van der Waals surface area contributed by atoms with Crippen LogP contribution in [-0.4, -0.2) is 30.1 Å². The molecule has 0 spiro atoms. The van der Waals surface area contributed by atoms with Crippen LogP contribution in [0, 0.1) is 0 Å². The van der Waals surface area contributed by atoms with Crippen LogP contribution in [0.3, 0.4) is 0 Å². The summed E-state index contributed by atoms with van der Waals surface area (Å²) in [5, 5.41) is 5.63. The molecule has 4 heteroatoms. The Morgan fingerprint density at radius 1 is 1.30 bits per heavy atom. The summed E-state index contributed by atoms with van der Waals surface area (Å²) in [4.78, 5) is 2.43. The molecule has 0 aliphatic carbocycles. The van der Waals surface area contributed by atoms with Crippen LogP contribution in [0.1, 0.15) is 32.8 Å². The summed E-state index contributed by atoms with van der Waals surface area (Å²) in [6, 6.07) is 6.48. The van der Waals surface area contributed by atoms with Crippen LogP contribution in [0.5, 0.6) is 0 Å². The molecule has 1 N–H and O–H groups in total. The van der Waals surface area contributed by atoms with E-state index in [1.807, 2.05) is 0 Å². The van der Waals surface area contributed by atoms with Gasteiger partial charge in [-0.25, -0.2) is 0 Å². The second-order valence-corrected chi connectivity index (χ2v) is 7.91. The molecule has 1 fully saturated rings. The lowest BCUT2D eigenvalue weighted by Gasteiger charge is -2.36. The molecule has 1 heterocycles. The SMILES string of the molecule is CCCNCc1ccc(N2CC(C)SC(C)C2)c(Cl)c1. The molecule has 1 saturated heterocycles. The summed E-state index contributed by atoms with van der Waals surface area (Å²) in [6.45, 7) is 10.9. The molecular formula is C16H25ClN2S. The second kappa shape index (κ2) is 7.58. The smallest absolute Gasteiger partial charge is 0.0642 e. The first-order valence-electron chi connectivity index (χ1n) is 7.49. The number of nitrogens with zero attached hydrogens (tertiary/aromatic N) is 1. The van der Waals surface area contributed by atoms with Gasteiger partial charge in [-0.05, 0) is 30.7 Å². The first kappa shape index (κ1) is 16.0. The summed E-state index contributed by atoms with van der Waals surface area (Å²) in [6.07, 6.45) is 1.16. The van der Waals surface area contributed by atoms with Gasteiger partial charge in [0.2, 0.25) is 0 Å². The average molecular weight is 313 g/mol. The summed E-state index contributed by atoms with van der Waals surface area (Å²) >= 11 is 8.56. The number of halogens is 1. The van der Waals surface area contributed by atoms with E-state index in [0.29, 0.717) is 10.5 Å². The van der Waals surface area contributed by atoms with Gasteiger partial charge < -0.3 is 10.2 Å². The van der Waals surface area contributed by atoms with Crippen molar-refractivity contribution in [1.29, 1.82) is 0 Å². The second-order valence-electron chi connectivity index (χ2n) is 5.62. The molecule has 1 aliphatic heterocycles. The number of hydrogen-bond acceptors (Lipinski definition) is 3. The molecule has 1 aliphatic rings. The van der Waals surface area contributed by atoms with Crippen molar-refractivity contribution < 1.29 is 0 Å². The molecule has 2 rings (SSSR count). The van der Waals surface area contributed by atoms with Crippen molar-refractivity contribution in [2.45, 2.75) is 44.2 Å². The van der Waals surface area contributed by atoms with Gasteiger partial charge >= 0.3 is 0 Å². The molecule has 0 bridgehead atoms. The minimum atomic E-state index is 0.667. The lowest BCUT2D eigenvalue weighted by atomic mass is 10.1. The van der Waals surface area contributed by atoms with Gasteiger partial charge in [0.15, 0.2) is 0 Å². The minimum Gasteiger partial charge on any atom is -0.368 e. The summed E-state index contributed by atoms with van der Waals surface area (Å²) < 4.78 is 0. The highest BCUT2D eigenvalue weighted by Gasteiger charge is 2.23. The fourth-order valence-electron chi connectivity index (χ4n) is 2.70. The summed E-state index contributed by atoms with van der Waals surface area (Å²) in [5.74, 6) is 0. The van der Waals surface area contributed by atoms with E-state index in [0.717, 1.165) is 37.6 Å². The van der Waals surface area contributed by atoms with Gasteiger partial charge in [-0.1, -0.05) is 38.4 Å². The van der Waals surface area contributed by atoms with Gasteiger partial charge in [-0.15, -0.1) is 0 Å². The van der Waals surface area contributed by atoms with Crippen LogP contribution in [0.25, 0.3) is 0 Å². The zero-order valence-electron chi connectivity index (χ0n) is 12.7. The molecule has 0 amide bonds. The van der Waals surface area contributed by atoms with Gasteiger partial charge in [0.05, 0.1) is 10.7 Å². The van der Waals surface area contributed by atoms with E-state index in [1.165, 1.54) is 11.3 Å². The molecule has 0 radical (unpaired) electrons. The monoisotopic (exact) mass is 312 g/mol. The van der Waals surface area contributed by atoms with Crippen LogP contribution in [-0.2, 0) is 6.54 Å². The van der Waals surface area contributed by atoms with Crippen LogP contribution in [0.2, 0.25) is 5.02 Å². The fraction of sp³-hybridized carbons (Fsp3) is 0.625. The fourth-order valence-corrected chi connectivity index (χ4v) is 4.35. The number of nitrogens with one attached hydrogen (secondary N) is 1. The van der Waals surface area contributed by atoms with Gasteiger partial charge in [0, 0.05) is 30.1 Å². The van der Waals surface area contributed by atoms with E-state index in [-0.39, 0.29) is 0 Å². The van der Waals surface area contributed by atoms with E-state index in [1.54, 1.807) is 0 Å². The minimum absolute atomic E-state index is 0.667. The van der Waals surface area contributed by atoms with Crippen LogP contribution in [0.4, 0.5) is 5.69 Å². The zero-order valence-corrected chi connectivity index (χ0v) is 14.2. The maximum absolute atomic E-state index is 6.49. The van der Waals surface area contributed by atoms with Crippen molar-refractivity contribution in [2.24, 2.45) is 0 Å². The van der Waals surface area contributed by atoms with Crippen molar-refractivity contribution in [2.75, 3.05) is 24.5 Å². The van der Waals surface area contributed by atoms with Crippen molar-refractivity contribution in [3.8, 4) is 0 Å². The lowest BCUT2D eigenvalue weighted by Crippen LogP contribution is -2.40. The van der Waals surface area contributed by atoms with Crippen LogP contribution >= 0.6 is 23.4 Å². The molecule has 2 unspecified atom stereocenters. The molecule has 2 atom stereocenters. The Balaban J connectivity index is 2.05. The van der Waals surface area contributed by atoms with Crippen molar-refractivity contribution >= 4 is 29.1 Å². The molecule has 1 aromatic rings. The van der Waals surface area contributed by atoms with E-state index in [4.69, 9.17) is 11.6 Å². The highest BCUT2D eigenvalue weighted by Crippen LogP contribution is 2.33. The Morgan fingerprint density at radius 3 is 2.60 bits per heavy atom. The molecular weight excluding hydrogens is 288 g/mol. The van der Waals surface area contributed by atoms with E-state index in [2.05, 4.69) is 60.9 Å². The van der Waals surface area contributed by atoms with Crippen molar-refractivity contribution in [3.05, 3.63) is 28.8 Å². The van der Waals surface area contributed by atoms with Gasteiger partial charge in [-0.3, -0.25) is 0 Å². The zero-order chi connectivity index (χ0) is 14.5. The summed E-state index contributed by atoms with van der Waals surface area (Å²) in [7, 11) is 0. The Labute approximate surface area is 132 Å².